The van der Waals surface area contributed by atoms with Crippen LogP contribution in [0.4, 0.5) is 0 Å². The summed E-state index contributed by atoms with van der Waals surface area (Å²) in [7, 11) is 0. The van der Waals surface area contributed by atoms with E-state index in [1.165, 1.54) is 18.3 Å². The van der Waals surface area contributed by atoms with Gasteiger partial charge in [-0.15, -0.1) is 5.10 Å². The molecule has 9 nitrogen and oxygen atoms in total. The monoisotopic (exact) mass is 292 g/mol. The number of aromatic hydroxyl groups is 2. The number of aliphatic carboxylic acids is 1. The van der Waals surface area contributed by atoms with Crippen LogP contribution in [0, 0.1) is 0 Å². The zero-order chi connectivity index (χ0) is 15.4. The predicted octanol–water partition coefficient (Wildman–Crippen LogP) is -0.296. The Bertz CT molecular complexity index is 662. The Balaban J connectivity index is 1.97. The van der Waals surface area contributed by atoms with E-state index in [1.807, 2.05) is 0 Å². The summed E-state index contributed by atoms with van der Waals surface area (Å²) in [6.45, 7) is -0.282. The van der Waals surface area contributed by atoms with E-state index < -0.39 is 11.9 Å². The standard InChI is InChI=1S/C12H12N4O5/c17-9-1-7(2-10(18)3-9)12(21)13-4-8-5-16(15-14-8)6-11(19)20/h1-3,5,17-18H,4,6H2,(H,13,21)(H,19,20). The number of hydrogen-bond acceptors (Lipinski definition) is 6. The number of hydrogen-bond donors (Lipinski definition) is 4. The maximum absolute atomic E-state index is 11.8. The Hall–Kier alpha value is -3.10. The van der Waals surface area contributed by atoms with E-state index in [0.717, 1.165) is 10.7 Å². The van der Waals surface area contributed by atoms with Crippen LogP contribution in [0.2, 0.25) is 0 Å². The zero-order valence-electron chi connectivity index (χ0n) is 10.7. The first-order valence-electron chi connectivity index (χ1n) is 5.86. The third-order valence-corrected chi connectivity index (χ3v) is 2.48. The van der Waals surface area contributed by atoms with Gasteiger partial charge in [-0.2, -0.15) is 0 Å². The second-order valence-electron chi connectivity index (χ2n) is 4.22. The van der Waals surface area contributed by atoms with Gasteiger partial charge in [-0.3, -0.25) is 9.59 Å². The van der Waals surface area contributed by atoms with Crippen LogP contribution in [-0.4, -0.2) is 42.2 Å². The topological polar surface area (TPSA) is 138 Å². The highest BCUT2D eigenvalue weighted by atomic mass is 16.4. The van der Waals surface area contributed by atoms with Crippen molar-refractivity contribution in [3.63, 3.8) is 0 Å². The maximum atomic E-state index is 11.8. The Kier molecular flexibility index (Phi) is 4.02. The van der Waals surface area contributed by atoms with Gasteiger partial charge < -0.3 is 20.6 Å². The van der Waals surface area contributed by atoms with Crippen LogP contribution in [0.5, 0.6) is 11.5 Å². The average Bonchev–Trinajstić information content (AvgIpc) is 2.81. The summed E-state index contributed by atoms with van der Waals surface area (Å²) in [6, 6.07) is 3.51. The first kappa shape index (κ1) is 14.3. The van der Waals surface area contributed by atoms with Crippen molar-refractivity contribution in [2.24, 2.45) is 0 Å². The number of nitrogens with zero attached hydrogens (tertiary/aromatic N) is 3. The number of carbonyl (C=O) groups excluding carboxylic acids is 1. The molecular weight excluding hydrogens is 280 g/mol. The smallest absolute Gasteiger partial charge is 0.325 e. The molecule has 0 saturated carbocycles. The van der Waals surface area contributed by atoms with Crippen LogP contribution in [0.3, 0.4) is 0 Å². The molecule has 1 heterocycles. The van der Waals surface area contributed by atoms with Crippen LogP contribution in [0.25, 0.3) is 0 Å². The Morgan fingerprint density at radius 2 is 1.86 bits per heavy atom. The highest BCUT2D eigenvalue weighted by Gasteiger charge is 2.10. The van der Waals surface area contributed by atoms with Gasteiger partial charge in [-0.05, 0) is 12.1 Å². The Morgan fingerprint density at radius 3 is 2.48 bits per heavy atom. The van der Waals surface area contributed by atoms with Crippen LogP contribution in [0.1, 0.15) is 16.1 Å². The average molecular weight is 292 g/mol. The SMILES string of the molecule is O=C(O)Cn1cc(CNC(=O)c2cc(O)cc(O)c2)nn1. The lowest BCUT2D eigenvalue weighted by Gasteiger charge is -2.04. The minimum Gasteiger partial charge on any atom is -0.508 e. The van der Waals surface area contributed by atoms with Crippen molar-refractivity contribution in [2.75, 3.05) is 0 Å². The van der Waals surface area contributed by atoms with E-state index in [9.17, 15) is 19.8 Å². The fourth-order valence-corrected chi connectivity index (χ4v) is 1.63. The fourth-order valence-electron chi connectivity index (χ4n) is 1.63. The van der Waals surface area contributed by atoms with Gasteiger partial charge in [0.1, 0.15) is 23.7 Å². The molecule has 1 amide bonds. The molecule has 0 bridgehead atoms. The number of nitrogens with one attached hydrogen (secondary N) is 1. The fraction of sp³-hybridized carbons (Fsp3) is 0.167. The molecule has 0 aliphatic heterocycles. The van der Waals surface area contributed by atoms with Gasteiger partial charge in [0, 0.05) is 11.6 Å². The summed E-state index contributed by atoms with van der Waals surface area (Å²) in [4.78, 5) is 22.3. The minimum absolute atomic E-state index is 0.0366. The molecule has 110 valence electrons. The molecule has 0 spiro atoms. The van der Waals surface area contributed by atoms with Crippen LogP contribution in [0.15, 0.2) is 24.4 Å². The van der Waals surface area contributed by atoms with Gasteiger partial charge in [0.25, 0.3) is 5.91 Å². The van der Waals surface area contributed by atoms with E-state index in [1.54, 1.807) is 0 Å². The van der Waals surface area contributed by atoms with E-state index >= 15 is 0 Å². The molecule has 0 fully saturated rings. The summed E-state index contributed by atoms with van der Waals surface area (Å²) in [5.74, 6) is -2.03. The van der Waals surface area contributed by atoms with Crippen molar-refractivity contribution in [1.29, 1.82) is 0 Å². The first-order chi connectivity index (χ1) is 9.94. The second kappa shape index (κ2) is 5.90. The Labute approximate surface area is 118 Å². The van der Waals surface area contributed by atoms with Crippen LogP contribution < -0.4 is 5.32 Å². The molecule has 0 saturated heterocycles. The van der Waals surface area contributed by atoms with Gasteiger partial charge in [-0.1, -0.05) is 5.21 Å². The molecule has 0 unspecified atom stereocenters. The molecule has 4 N–H and O–H groups in total. The van der Waals surface area contributed by atoms with Gasteiger partial charge in [0.05, 0.1) is 12.7 Å². The van der Waals surface area contributed by atoms with E-state index in [2.05, 4.69) is 15.6 Å². The Morgan fingerprint density at radius 1 is 1.19 bits per heavy atom. The van der Waals surface area contributed by atoms with E-state index in [4.69, 9.17) is 5.11 Å². The van der Waals surface area contributed by atoms with Crippen molar-refractivity contribution in [1.82, 2.24) is 20.3 Å². The summed E-state index contributed by atoms with van der Waals surface area (Å²) >= 11 is 0. The quantitative estimate of drug-likeness (QED) is 0.593. The highest BCUT2D eigenvalue weighted by Crippen LogP contribution is 2.20. The minimum atomic E-state index is -1.05. The molecule has 2 aromatic rings. The first-order valence-corrected chi connectivity index (χ1v) is 5.86. The number of carboxylic acid groups (broad SMARTS) is 1. The predicted molar refractivity (Wildman–Crippen MR) is 68.6 cm³/mol. The lowest BCUT2D eigenvalue weighted by atomic mass is 10.2. The van der Waals surface area contributed by atoms with Crippen molar-refractivity contribution >= 4 is 11.9 Å². The molecule has 1 aromatic heterocycles. The molecule has 0 radical (unpaired) electrons. The second-order valence-corrected chi connectivity index (χ2v) is 4.22. The third kappa shape index (κ3) is 3.93. The number of benzene rings is 1. The lowest BCUT2D eigenvalue weighted by Crippen LogP contribution is -2.22. The summed E-state index contributed by atoms with van der Waals surface area (Å²) < 4.78 is 1.13. The van der Waals surface area contributed by atoms with E-state index in [-0.39, 0.29) is 30.2 Å². The molecule has 1 aromatic carbocycles. The molecule has 21 heavy (non-hydrogen) atoms. The van der Waals surface area contributed by atoms with Crippen LogP contribution >= 0.6 is 0 Å². The van der Waals surface area contributed by atoms with Gasteiger partial charge in [-0.25, -0.2) is 4.68 Å². The molecule has 0 aliphatic carbocycles. The number of carbonyl (C=O) groups is 2. The number of amides is 1. The van der Waals surface area contributed by atoms with Gasteiger partial charge in [0.15, 0.2) is 0 Å². The normalized spacial score (nSPS) is 10.3. The largest absolute Gasteiger partial charge is 0.508 e. The lowest BCUT2D eigenvalue weighted by molar-refractivity contribution is -0.137. The molecule has 2 rings (SSSR count). The maximum Gasteiger partial charge on any atom is 0.325 e. The van der Waals surface area contributed by atoms with Crippen molar-refractivity contribution in [2.45, 2.75) is 13.1 Å². The number of phenols is 2. The van der Waals surface area contributed by atoms with Crippen LogP contribution in [-0.2, 0) is 17.9 Å². The molecule has 9 heteroatoms. The van der Waals surface area contributed by atoms with Crippen molar-refractivity contribution in [3.8, 4) is 11.5 Å². The third-order valence-electron chi connectivity index (χ3n) is 2.48. The molecule has 0 atom stereocenters. The number of aromatic nitrogens is 3. The van der Waals surface area contributed by atoms with Gasteiger partial charge in [0.2, 0.25) is 0 Å². The summed E-state index contributed by atoms with van der Waals surface area (Å²) in [6.07, 6.45) is 1.40. The van der Waals surface area contributed by atoms with Gasteiger partial charge >= 0.3 is 5.97 Å². The highest BCUT2D eigenvalue weighted by molar-refractivity contribution is 5.94. The zero-order valence-corrected chi connectivity index (χ0v) is 10.7. The summed E-state index contributed by atoms with van der Waals surface area (Å²) in [5.41, 5.74) is 0.472. The number of rotatable bonds is 5. The number of phenolic OH excluding ortho intramolecular Hbond substituents is 2. The molecular formula is C12H12N4O5. The number of carboxylic acids is 1. The van der Waals surface area contributed by atoms with Crippen molar-refractivity contribution < 1.29 is 24.9 Å². The van der Waals surface area contributed by atoms with E-state index in [0.29, 0.717) is 5.69 Å². The van der Waals surface area contributed by atoms with Crippen molar-refractivity contribution in [3.05, 3.63) is 35.7 Å². The molecule has 0 aliphatic rings. The summed E-state index contributed by atoms with van der Waals surface area (Å²) in [5, 5.41) is 37.0.